The van der Waals surface area contributed by atoms with Crippen molar-refractivity contribution in [3.05, 3.63) is 113 Å². The van der Waals surface area contributed by atoms with E-state index in [1.165, 1.54) is 6.08 Å². The van der Waals surface area contributed by atoms with Crippen molar-refractivity contribution < 1.29 is 24.2 Å². The molecule has 1 N–H and O–H groups in total. The lowest BCUT2D eigenvalue weighted by molar-refractivity contribution is -0.129. The van der Waals surface area contributed by atoms with Crippen LogP contribution in [0.15, 0.2) is 96.3 Å². The summed E-state index contributed by atoms with van der Waals surface area (Å²) in [6, 6.07) is 24.0. The fraction of sp³-hybridized carbons (Fsp3) is 0.314. The van der Waals surface area contributed by atoms with Crippen molar-refractivity contribution in [3.8, 4) is 11.5 Å². The third-order valence-corrected chi connectivity index (χ3v) is 7.38. The predicted octanol–water partition coefficient (Wildman–Crippen LogP) is 6.37. The van der Waals surface area contributed by atoms with E-state index >= 15 is 0 Å². The Morgan fingerprint density at radius 3 is 2.29 bits per heavy atom. The third kappa shape index (κ3) is 7.47. The Balaban J connectivity index is 1.66. The monoisotopic (exact) mass is 568 g/mol. The third-order valence-electron chi connectivity index (χ3n) is 7.38. The second-order valence-electron chi connectivity index (χ2n) is 10.1. The highest BCUT2D eigenvalue weighted by atomic mass is 16.5. The first-order valence-corrected chi connectivity index (χ1v) is 14.6. The van der Waals surface area contributed by atoms with Crippen molar-refractivity contribution in [2.75, 3.05) is 32.8 Å². The maximum atomic E-state index is 13.6. The Hall–Kier alpha value is -4.36. The Bertz CT molecular complexity index is 1400. The molecule has 7 nitrogen and oxygen atoms in total. The number of ketones is 1. The maximum Gasteiger partial charge on any atom is 0.290 e. The molecule has 0 bridgehead atoms. The van der Waals surface area contributed by atoms with Crippen LogP contribution >= 0.6 is 0 Å². The Morgan fingerprint density at radius 2 is 1.62 bits per heavy atom. The quantitative estimate of drug-likeness (QED) is 0.215. The van der Waals surface area contributed by atoms with Crippen LogP contribution in [0.5, 0.6) is 11.5 Å². The Kier molecular flexibility index (Phi) is 11.0. The van der Waals surface area contributed by atoms with Crippen LogP contribution in [0.25, 0.3) is 6.08 Å². The summed E-state index contributed by atoms with van der Waals surface area (Å²) in [5, 5.41) is 11.0. The Morgan fingerprint density at radius 1 is 0.929 bits per heavy atom. The minimum absolute atomic E-state index is 0.0652. The summed E-state index contributed by atoms with van der Waals surface area (Å²) in [4.78, 5) is 30.8. The number of aliphatic hydroxyl groups excluding tert-OH is 1. The number of rotatable bonds is 15. The molecule has 0 saturated carbocycles. The zero-order chi connectivity index (χ0) is 29.9. The molecule has 0 aromatic heterocycles. The van der Waals surface area contributed by atoms with E-state index in [1.54, 1.807) is 17.0 Å². The smallest absolute Gasteiger partial charge is 0.290 e. The van der Waals surface area contributed by atoms with Crippen LogP contribution in [0, 0.1) is 0 Å². The van der Waals surface area contributed by atoms with Crippen LogP contribution in [0.3, 0.4) is 0 Å². The van der Waals surface area contributed by atoms with E-state index in [0.29, 0.717) is 43.2 Å². The van der Waals surface area contributed by atoms with Gasteiger partial charge in [0.2, 0.25) is 0 Å². The number of carbonyl (C=O) groups is 2. The molecule has 1 aliphatic rings. The number of ether oxygens (including phenoxy) is 2. The molecule has 7 heteroatoms. The summed E-state index contributed by atoms with van der Waals surface area (Å²) in [5.74, 6) is -0.388. The SMILES string of the molecule is CCOc1cc(C2C(C(=O)C=Cc3ccccc3)=C(O)C(=O)N2CCCN(CC)CC)ccc1OCc1ccccc1. The molecule has 42 heavy (non-hydrogen) atoms. The molecule has 0 fully saturated rings. The zero-order valence-electron chi connectivity index (χ0n) is 24.7. The van der Waals surface area contributed by atoms with Crippen LogP contribution in [-0.4, -0.2) is 59.4 Å². The van der Waals surface area contributed by atoms with E-state index in [9.17, 15) is 14.7 Å². The molecule has 1 amide bonds. The average Bonchev–Trinajstić information content (AvgIpc) is 3.27. The molecule has 0 saturated heterocycles. The van der Waals surface area contributed by atoms with Crippen LogP contribution in [0.4, 0.5) is 0 Å². The molecule has 1 atom stereocenters. The number of amides is 1. The predicted molar refractivity (Wildman–Crippen MR) is 165 cm³/mol. The first-order chi connectivity index (χ1) is 20.5. The molecule has 4 rings (SSSR count). The molecular weight excluding hydrogens is 528 g/mol. The Labute approximate surface area is 248 Å². The summed E-state index contributed by atoms with van der Waals surface area (Å²) in [5.41, 5.74) is 2.61. The van der Waals surface area contributed by atoms with E-state index in [4.69, 9.17) is 9.47 Å². The van der Waals surface area contributed by atoms with Gasteiger partial charge >= 0.3 is 0 Å². The first kappa shape index (κ1) is 30.6. The molecule has 1 heterocycles. The van der Waals surface area contributed by atoms with E-state index < -0.39 is 23.5 Å². The van der Waals surface area contributed by atoms with Crippen LogP contribution in [0.2, 0.25) is 0 Å². The van der Waals surface area contributed by atoms with E-state index in [1.807, 2.05) is 79.7 Å². The summed E-state index contributed by atoms with van der Waals surface area (Å²) >= 11 is 0. The molecule has 0 spiro atoms. The first-order valence-electron chi connectivity index (χ1n) is 14.6. The van der Waals surface area contributed by atoms with Crippen LogP contribution < -0.4 is 9.47 Å². The summed E-state index contributed by atoms with van der Waals surface area (Å²) in [6.07, 6.45) is 3.82. The average molecular weight is 569 g/mol. The van der Waals surface area contributed by atoms with Crippen molar-refractivity contribution in [1.82, 2.24) is 9.80 Å². The molecule has 3 aromatic rings. The van der Waals surface area contributed by atoms with E-state index in [-0.39, 0.29) is 5.57 Å². The summed E-state index contributed by atoms with van der Waals surface area (Å²) < 4.78 is 12.0. The molecule has 0 radical (unpaired) electrons. The van der Waals surface area contributed by atoms with Gasteiger partial charge in [-0.3, -0.25) is 9.59 Å². The molecule has 220 valence electrons. The van der Waals surface area contributed by atoms with Gasteiger partial charge in [-0.2, -0.15) is 0 Å². The molecule has 1 aliphatic heterocycles. The number of carbonyl (C=O) groups excluding carboxylic acids is 2. The van der Waals surface area contributed by atoms with Gasteiger partial charge in [0.05, 0.1) is 18.2 Å². The topological polar surface area (TPSA) is 79.3 Å². The molecule has 0 aliphatic carbocycles. The summed E-state index contributed by atoms with van der Waals surface area (Å²) in [6.45, 7) is 9.89. The fourth-order valence-electron chi connectivity index (χ4n) is 5.13. The second kappa shape index (κ2) is 15.0. The number of hydrogen-bond acceptors (Lipinski definition) is 6. The van der Waals surface area contributed by atoms with Gasteiger partial charge < -0.3 is 24.4 Å². The second-order valence-corrected chi connectivity index (χ2v) is 10.1. The van der Waals surface area contributed by atoms with Gasteiger partial charge in [0.1, 0.15) is 6.61 Å². The fourth-order valence-corrected chi connectivity index (χ4v) is 5.13. The highest BCUT2D eigenvalue weighted by Crippen LogP contribution is 2.41. The number of allylic oxidation sites excluding steroid dienone is 1. The van der Waals surface area contributed by atoms with Crippen molar-refractivity contribution in [2.24, 2.45) is 0 Å². The maximum absolute atomic E-state index is 13.6. The number of aliphatic hydroxyl groups is 1. The highest BCUT2D eigenvalue weighted by Gasteiger charge is 2.43. The van der Waals surface area contributed by atoms with Crippen LogP contribution in [-0.2, 0) is 16.2 Å². The van der Waals surface area contributed by atoms with Gasteiger partial charge in [0.15, 0.2) is 23.0 Å². The van der Waals surface area contributed by atoms with Gasteiger partial charge in [0.25, 0.3) is 5.91 Å². The molecule has 1 unspecified atom stereocenters. The summed E-state index contributed by atoms with van der Waals surface area (Å²) in [7, 11) is 0. The standard InChI is InChI=1S/C35H40N2O5/c1-4-36(5-2)22-13-23-37-33(32(34(39)35(37)40)29(38)20-18-26-14-9-7-10-15-26)28-19-21-30(31(24-28)41-6-3)42-25-27-16-11-8-12-17-27/h7-12,14-21,24,33,39H,4-6,13,22-23,25H2,1-3H3. The number of benzene rings is 3. The highest BCUT2D eigenvalue weighted by molar-refractivity contribution is 6.14. The minimum Gasteiger partial charge on any atom is -0.503 e. The minimum atomic E-state index is -0.760. The normalized spacial score (nSPS) is 15.2. The number of hydrogen-bond donors (Lipinski definition) is 1. The number of nitrogens with zero attached hydrogens (tertiary/aromatic N) is 2. The van der Waals surface area contributed by atoms with E-state index in [2.05, 4.69) is 18.7 Å². The van der Waals surface area contributed by atoms with Gasteiger partial charge in [-0.1, -0.05) is 86.7 Å². The lowest BCUT2D eigenvalue weighted by atomic mass is 9.95. The van der Waals surface area contributed by atoms with Gasteiger partial charge in [0, 0.05) is 6.54 Å². The van der Waals surface area contributed by atoms with Gasteiger partial charge in [-0.05, 0) is 67.9 Å². The lowest BCUT2D eigenvalue weighted by Crippen LogP contribution is -2.34. The zero-order valence-corrected chi connectivity index (χ0v) is 24.7. The lowest BCUT2D eigenvalue weighted by Gasteiger charge is -2.28. The van der Waals surface area contributed by atoms with Gasteiger partial charge in [-0.15, -0.1) is 0 Å². The van der Waals surface area contributed by atoms with Crippen molar-refractivity contribution >= 4 is 17.8 Å². The molecular formula is C35H40N2O5. The molecule has 3 aromatic carbocycles. The van der Waals surface area contributed by atoms with Crippen molar-refractivity contribution in [2.45, 2.75) is 39.8 Å². The van der Waals surface area contributed by atoms with Gasteiger partial charge in [-0.25, -0.2) is 0 Å². The van der Waals surface area contributed by atoms with E-state index in [0.717, 1.165) is 30.8 Å². The van der Waals surface area contributed by atoms with Crippen molar-refractivity contribution in [1.29, 1.82) is 0 Å². The largest absolute Gasteiger partial charge is 0.503 e. The van der Waals surface area contributed by atoms with Crippen LogP contribution in [0.1, 0.15) is 49.9 Å². The van der Waals surface area contributed by atoms with Crippen molar-refractivity contribution in [3.63, 3.8) is 0 Å².